The van der Waals surface area contributed by atoms with Gasteiger partial charge in [0.15, 0.2) is 0 Å². The minimum atomic E-state index is -5.51. The molecule has 1 fully saturated rings. The number of ether oxygens (including phenoxy) is 3. The molecule has 19 heteroatoms. The molecule has 5 rings (SSSR count). The van der Waals surface area contributed by atoms with Crippen LogP contribution in [0.15, 0.2) is 77.9 Å². The Morgan fingerprint density at radius 3 is 2.62 bits per heavy atom. The molecule has 5 atom stereocenters. The Morgan fingerprint density at radius 1 is 1.12 bits per heavy atom. The molecule has 256 valence electrons. The van der Waals surface area contributed by atoms with E-state index < -0.39 is 70.8 Å². The van der Waals surface area contributed by atoms with Gasteiger partial charge in [-0.25, -0.2) is 14.6 Å². The zero-order valence-electron chi connectivity index (χ0n) is 25.3. The number of imidazole rings is 1. The number of aliphatic carboxylic acids is 1. The third-order valence-electron chi connectivity index (χ3n) is 7.12. The van der Waals surface area contributed by atoms with E-state index in [1.54, 1.807) is 60.7 Å². The molecule has 17 nitrogen and oxygen atoms in total. The van der Waals surface area contributed by atoms with Gasteiger partial charge in [-0.05, 0) is 36.8 Å². The Hall–Kier alpha value is -4.34. The number of rotatable bonds is 14. The number of hydrogen-bond acceptors (Lipinski definition) is 13. The molecule has 0 radical (unpaired) electrons. The van der Waals surface area contributed by atoms with E-state index in [0.29, 0.717) is 28.3 Å². The highest BCUT2D eigenvalue weighted by Gasteiger charge is 2.40. The molecule has 2 aromatic heterocycles. The third-order valence-corrected chi connectivity index (χ3v) is 10.2. The zero-order valence-corrected chi connectivity index (χ0v) is 27.1. The zero-order chi connectivity index (χ0) is 34.5. The van der Waals surface area contributed by atoms with Gasteiger partial charge in [0.25, 0.3) is 7.82 Å². The van der Waals surface area contributed by atoms with Crippen molar-refractivity contribution in [3.63, 3.8) is 0 Å². The molecule has 0 spiro atoms. The molecular formula is C29H30N4O13P2-2. The van der Waals surface area contributed by atoms with Crippen molar-refractivity contribution < 1.29 is 56.7 Å². The van der Waals surface area contributed by atoms with E-state index in [-0.39, 0.29) is 12.8 Å². The molecular weight excluding hydrogens is 674 g/mol. The van der Waals surface area contributed by atoms with Crippen LogP contribution in [0.2, 0.25) is 0 Å². The summed E-state index contributed by atoms with van der Waals surface area (Å²) in [5.41, 5.74) is 1.36. The van der Waals surface area contributed by atoms with Gasteiger partial charge in [-0.3, -0.25) is 28.0 Å². The highest BCUT2D eigenvalue weighted by molar-refractivity contribution is 7.62. The van der Waals surface area contributed by atoms with Crippen LogP contribution in [-0.4, -0.2) is 63.2 Å². The van der Waals surface area contributed by atoms with Crippen LogP contribution in [0.4, 0.5) is 10.5 Å². The second-order valence-electron chi connectivity index (χ2n) is 10.5. The summed E-state index contributed by atoms with van der Waals surface area (Å²) in [5.74, 6) is -0.670. The van der Waals surface area contributed by atoms with Gasteiger partial charge in [-0.15, -0.1) is 0 Å². The van der Waals surface area contributed by atoms with Crippen molar-refractivity contribution in [2.45, 2.75) is 37.7 Å². The quantitative estimate of drug-likeness (QED) is 0.180. The molecule has 0 aliphatic carbocycles. The Balaban J connectivity index is 1.34. The first-order valence-corrected chi connectivity index (χ1v) is 17.6. The Morgan fingerprint density at radius 2 is 1.90 bits per heavy atom. The number of benzene rings is 2. The number of carbonyl (C=O) groups is 2. The fourth-order valence-corrected chi connectivity index (χ4v) is 7.51. The minimum absolute atomic E-state index is 0.127. The van der Waals surface area contributed by atoms with E-state index in [2.05, 4.69) is 14.6 Å². The number of amides is 1. The lowest BCUT2D eigenvalue weighted by Crippen LogP contribution is -2.33. The van der Waals surface area contributed by atoms with Crippen LogP contribution in [-0.2, 0) is 32.2 Å². The summed E-state index contributed by atoms with van der Waals surface area (Å²) in [6.45, 7) is -0.849. The van der Waals surface area contributed by atoms with E-state index in [1.165, 1.54) is 28.5 Å². The normalized spacial score (nSPS) is 20.1. The standard InChI is InChI=1S/C29H32N4O13P2/c1-42-21-10-5-7-19(15-21)22-17-33-25(31-22)12-13-32(29(33)37)26-16-23(45-28(36)30-20-8-3-2-4-9-20)24(44-26)18-43-48(40,41)46-47(38,39)14-6-11-27(34)35/h2-5,7-10,12-13,15,17,23-24,26H,6,11,14,16,18H2,1H3,(H,30,36)(H,34,35)(H,38,39)(H,40,41)/p-2/t23-,24-,26-/m1/s1. The van der Waals surface area contributed by atoms with E-state index in [1.807, 2.05) is 0 Å². The number of nitrogens with zero attached hydrogens (tertiary/aromatic N) is 3. The first-order chi connectivity index (χ1) is 22.8. The SMILES string of the molecule is COc1cccc(-c2cn3c(=O)n([C@H]4C[C@@H](OC(=O)Nc5ccccc5)[C@@H](COP(=O)([O-])OP(=O)([O-])CCCC(=O)O)O4)ccc3n2)c1. The van der Waals surface area contributed by atoms with Crippen molar-refractivity contribution >= 4 is 38.8 Å². The number of phosphoric ester groups is 1. The number of fused-ring (bicyclic) bond motifs is 1. The number of methoxy groups -OCH3 is 1. The van der Waals surface area contributed by atoms with Gasteiger partial charge in [0.05, 0.1) is 19.4 Å². The van der Waals surface area contributed by atoms with E-state index >= 15 is 0 Å². The monoisotopic (exact) mass is 704 g/mol. The van der Waals surface area contributed by atoms with Crippen molar-refractivity contribution in [2.24, 2.45) is 0 Å². The molecule has 2 N–H and O–H groups in total. The summed E-state index contributed by atoms with van der Waals surface area (Å²) >= 11 is 0. The molecule has 1 saturated heterocycles. The lowest BCUT2D eigenvalue weighted by atomic mass is 10.1. The van der Waals surface area contributed by atoms with E-state index in [0.717, 1.165) is 0 Å². The van der Waals surface area contributed by atoms with Crippen molar-refractivity contribution in [2.75, 3.05) is 25.2 Å². The van der Waals surface area contributed by atoms with Gasteiger partial charge in [0, 0.05) is 42.6 Å². The molecule has 2 aromatic carbocycles. The van der Waals surface area contributed by atoms with Crippen LogP contribution in [0.5, 0.6) is 5.75 Å². The van der Waals surface area contributed by atoms with E-state index in [4.69, 9.17) is 23.8 Å². The van der Waals surface area contributed by atoms with Crippen LogP contribution in [0.1, 0.15) is 25.5 Å². The highest BCUT2D eigenvalue weighted by atomic mass is 31.3. The molecule has 1 amide bonds. The van der Waals surface area contributed by atoms with E-state index in [9.17, 15) is 33.3 Å². The van der Waals surface area contributed by atoms with Gasteiger partial charge in [0.2, 0.25) is 0 Å². The van der Waals surface area contributed by atoms with Gasteiger partial charge in [-0.2, -0.15) is 0 Å². The number of aromatic nitrogens is 3. The maximum absolute atomic E-state index is 13.6. The topological polar surface area (TPSA) is 232 Å². The molecule has 1 aliphatic heterocycles. The first-order valence-electron chi connectivity index (χ1n) is 14.4. The van der Waals surface area contributed by atoms with Gasteiger partial charge in [-0.1, -0.05) is 30.3 Å². The van der Waals surface area contributed by atoms with Gasteiger partial charge < -0.3 is 38.2 Å². The molecule has 0 saturated carbocycles. The third kappa shape index (κ3) is 8.96. The average molecular weight is 705 g/mol. The lowest BCUT2D eigenvalue weighted by Gasteiger charge is -2.32. The second-order valence-corrected chi connectivity index (χ2v) is 14.0. The number of carbonyl (C=O) groups excluding carboxylic acids is 1. The number of phosphoric acid groups is 1. The highest BCUT2D eigenvalue weighted by Crippen LogP contribution is 2.55. The first kappa shape index (κ1) is 35.0. The molecule has 4 aromatic rings. The van der Waals surface area contributed by atoms with Gasteiger partial charge >= 0.3 is 17.8 Å². The van der Waals surface area contributed by atoms with Crippen LogP contribution in [0.3, 0.4) is 0 Å². The van der Waals surface area contributed by atoms with Crippen LogP contribution >= 0.6 is 15.4 Å². The Kier molecular flexibility index (Phi) is 10.8. The van der Waals surface area contributed by atoms with Crippen molar-refractivity contribution in [1.29, 1.82) is 0 Å². The average Bonchev–Trinajstić information content (AvgIpc) is 3.65. The Labute approximate surface area is 272 Å². The molecule has 1 aliphatic rings. The van der Waals surface area contributed by atoms with Crippen LogP contribution in [0, 0.1) is 0 Å². The molecule has 0 bridgehead atoms. The number of nitrogens with one attached hydrogen (secondary N) is 1. The van der Waals surface area contributed by atoms with Crippen molar-refractivity contribution in [3.8, 4) is 17.0 Å². The van der Waals surface area contributed by atoms with Crippen molar-refractivity contribution in [1.82, 2.24) is 14.0 Å². The molecule has 3 heterocycles. The lowest BCUT2D eigenvalue weighted by molar-refractivity contribution is -0.233. The summed E-state index contributed by atoms with van der Waals surface area (Å²) in [7, 11) is -9.02. The number of hydrogen-bond donors (Lipinski definition) is 2. The summed E-state index contributed by atoms with van der Waals surface area (Å²) in [6.07, 6.45) is -3.42. The molecule has 2 unspecified atom stereocenters. The molecule has 48 heavy (non-hydrogen) atoms. The summed E-state index contributed by atoms with van der Waals surface area (Å²) in [4.78, 5) is 66.0. The number of carboxylic acids is 1. The maximum atomic E-state index is 13.6. The van der Waals surface area contributed by atoms with Gasteiger partial charge in [0.1, 0.15) is 37.4 Å². The predicted octanol–water partition coefficient (Wildman–Crippen LogP) is 3.00. The summed E-state index contributed by atoms with van der Waals surface area (Å²) in [5, 5.41) is 11.2. The van der Waals surface area contributed by atoms with Crippen LogP contribution < -0.4 is 25.5 Å². The predicted molar refractivity (Wildman–Crippen MR) is 164 cm³/mol. The maximum Gasteiger partial charge on any atom is 0.411 e. The second kappa shape index (κ2) is 14.8. The number of anilines is 1. The smallest absolute Gasteiger partial charge is 0.411 e. The van der Waals surface area contributed by atoms with Crippen molar-refractivity contribution in [3.05, 3.63) is 83.5 Å². The van der Waals surface area contributed by atoms with Crippen LogP contribution in [0.25, 0.3) is 16.9 Å². The summed E-state index contributed by atoms with van der Waals surface area (Å²) in [6, 6.07) is 17.0. The summed E-state index contributed by atoms with van der Waals surface area (Å²) < 4.78 is 52.8. The number of para-hydroxylation sites is 1. The minimum Gasteiger partial charge on any atom is -0.778 e. The number of carboxylic acid groups (broad SMARTS) is 1. The fourth-order valence-electron chi connectivity index (χ4n) is 4.90. The Bertz CT molecular complexity index is 1930. The largest absolute Gasteiger partial charge is 0.778 e. The fraction of sp³-hybridized carbons (Fsp3) is 0.310.